The minimum absolute atomic E-state index is 0.111. The molecule has 1 aromatic rings. The average Bonchev–Trinajstić information content (AvgIpc) is 2.96. The first-order valence-electron chi connectivity index (χ1n) is 7.72. The Kier molecular flexibility index (Phi) is 5.13. The molecular formula is C17H24N2O4. The zero-order chi connectivity index (χ0) is 17.0. The zero-order valence-electron chi connectivity index (χ0n) is 14.1. The van der Waals surface area contributed by atoms with Crippen LogP contribution in [0.2, 0.25) is 0 Å². The number of carbonyl (C=O) groups is 2. The van der Waals surface area contributed by atoms with Crippen LogP contribution in [-0.2, 0) is 9.53 Å². The first-order chi connectivity index (χ1) is 10.8. The average molecular weight is 320 g/mol. The Morgan fingerprint density at radius 3 is 2.61 bits per heavy atom. The highest BCUT2D eigenvalue weighted by Crippen LogP contribution is 2.26. The quantitative estimate of drug-likeness (QED) is 0.930. The van der Waals surface area contributed by atoms with Crippen LogP contribution in [0, 0.1) is 5.92 Å². The van der Waals surface area contributed by atoms with Gasteiger partial charge in [-0.1, -0.05) is 12.1 Å². The molecule has 126 valence electrons. The van der Waals surface area contributed by atoms with Crippen LogP contribution in [0.3, 0.4) is 0 Å². The molecule has 0 unspecified atom stereocenters. The Morgan fingerprint density at radius 1 is 1.26 bits per heavy atom. The van der Waals surface area contributed by atoms with Crippen molar-refractivity contribution in [3.8, 4) is 5.75 Å². The van der Waals surface area contributed by atoms with Gasteiger partial charge in [-0.2, -0.15) is 0 Å². The van der Waals surface area contributed by atoms with Crippen LogP contribution in [0.4, 0.5) is 10.5 Å². The van der Waals surface area contributed by atoms with E-state index in [4.69, 9.17) is 9.47 Å². The summed E-state index contributed by atoms with van der Waals surface area (Å²) in [7, 11) is 1.56. The summed E-state index contributed by atoms with van der Waals surface area (Å²) in [5, 5.41) is 2.87. The third-order valence-electron chi connectivity index (χ3n) is 3.58. The standard InChI is InChI=1S/C17H24N2O4/c1-17(2,3)23-16(21)19-10-9-12(11-19)15(20)18-13-7-5-6-8-14(13)22-4/h5-8,12H,9-11H2,1-4H3,(H,18,20)/t12-/m0/s1. The maximum Gasteiger partial charge on any atom is 0.410 e. The largest absolute Gasteiger partial charge is 0.495 e. The summed E-state index contributed by atoms with van der Waals surface area (Å²) in [4.78, 5) is 26.0. The maximum atomic E-state index is 12.4. The Balaban J connectivity index is 1.94. The molecule has 0 bridgehead atoms. The molecule has 2 amide bonds. The van der Waals surface area contributed by atoms with Gasteiger partial charge in [-0.25, -0.2) is 4.79 Å². The minimum Gasteiger partial charge on any atom is -0.495 e. The van der Waals surface area contributed by atoms with Gasteiger partial charge in [0.15, 0.2) is 0 Å². The summed E-state index contributed by atoms with van der Waals surface area (Å²) in [6.07, 6.45) is 0.255. The molecule has 1 aromatic carbocycles. The van der Waals surface area contributed by atoms with Crippen LogP contribution in [0.25, 0.3) is 0 Å². The first-order valence-corrected chi connectivity index (χ1v) is 7.72. The lowest BCUT2D eigenvalue weighted by molar-refractivity contribution is -0.119. The molecule has 6 nitrogen and oxygen atoms in total. The van der Waals surface area contributed by atoms with Crippen LogP contribution in [0.1, 0.15) is 27.2 Å². The van der Waals surface area contributed by atoms with E-state index in [0.29, 0.717) is 30.9 Å². The van der Waals surface area contributed by atoms with E-state index in [-0.39, 0.29) is 17.9 Å². The fourth-order valence-corrected chi connectivity index (χ4v) is 2.45. The lowest BCUT2D eigenvalue weighted by atomic mass is 10.1. The van der Waals surface area contributed by atoms with Crippen LogP contribution in [0.5, 0.6) is 5.75 Å². The monoisotopic (exact) mass is 320 g/mol. The number of nitrogens with one attached hydrogen (secondary N) is 1. The third kappa shape index (κ3) is 4.61. The van der Waals surface area contributed by atoms with Crippen molar-refractivity contribution in [2.45, 2.75) is 32.8 Å². The van der Waals surface area contributed by atoms with Gasteiger partial charge in [0.25, 0.3) is 0 Å². The number of benzene rings is 1. The van der Waals surface area contributed by atoms with Gasteiger partial charge < -0.3 is 19.7 Å². The van der Waals surface area contributed by atoms with Gasteiger partial charge in [-0.05, 0) is 39.3 Å². The summed E-state index contributed by atoms with van der Waals surface area (Å²) in [5.74, 6) is 0.260. The molecule has 1 atom stereocenters. The second-order valence-electron chi connectivity index (χ2n) is 6.60. The molecular weight excluding hydrogens is 296 g/mol. The lowest BCUT2D eigenvalue weighted by Gasteiger charge is -2.24. The van der Waals surface area contributed by atoms with Crippen molar-refractivity contribution in [3.05, 3.63) is 24.3 Å². The molecule has 0 aromatic heterocycles. The summed E-state index contributed by atoms with van der Waals surface area (Å²) in [6.45, 7) is 6.38. The van der Waals surface area contributed by atoms with Crippen molar-refractivity contribution >= 4 is 17.7 Å². The smallest absolute Gasteiger partial charge is 0.410 e. The zero-order valence-corrected chi connectivity index (χ0v) is 14.1. The van der Waals surface area contributed by atoms with E-state index in [1.165, 1.54) is 0 Å². The van der Waals surface area contributed by atoms with Gasteiger partial charge >= 0.3 is 6.09 Å². The second-order valence-corrected chi connectivity index (χ2v) is 6.60. The van der Waals surface area contributed by atoms with Crippen molar-refractivity contribution in [2.75, 3.05) is 25.5 Å². The summed E-state index contributed by atoms with van der Waals surface area (Å²) < 4.78 is 10.6. The fraction of sp³-hybridized carbons (Fsp3) is 0.529. The SMILES string of the molecule is COc1ccccc1NC(=O)[C@H]1CCN(C(=O)OC(C)(C)C)C1. The molecule has 23 heavy (non-hydrogen) atoms. The number of para-hydroxylation sites is 2. The predicted molar refractivity (Wildman–Crippen MR) is 87.5 cm³/mol. The molecule has 0 radical (unpaired) electrons. The maximum absolute atomic E-state index is 12.4. The van der Waals surface area contributed by atoms with E-state index in [1.807, 2.05) is 32.9 Å². The van der Waals surface area contributed by atoms with E-state index >= 15 is 0 Å². The summed E-state index contributed by atoms with van der Waals surface area (Å²) >= 11 is 0. The second kappa shape index (κ2) is 6.89. The normalized spacial score (nSPS) is 17.7. The van der Waals surface area contributed by atoms with Gasteiger partial charge in [0.05, 0.1) is 18.7 Å². The highest BCUT2D eigenvalue weighted by atomic mass is 16.6. The summed E-state index contributed by atoms with van der Waals surface area (Å²) in [5.41, 5.74) is 0.102. The Labute approximate surface area is 136 Å². The van der Waals surface area contributed by atoms with Gasteiger partial charge in [-0.15, -0.1) is 0 Å². The highest BCUT2D eigenvalue weighted by Gasteiger charge is 2.33. The molecule has 1 saturated heterocycles. The predicted octanol–water partition coefficient (Wildman–Crippen LogP) is 2.89. The van der Waals surface area contributed by atoms with Crippen molar-refractivity contribution in [2.24, 2.45) is 5.92 Å². The molecule has 1 fully saturated rings. The molecule has 6 heteroatoms. The molecule has 2 rings (SSSR count). The van der Waals surface area contributed by atoms with E-state index in [2.05, 4.69) is 5.32 Å². The summed E-state index contributed by atoms with van der Waals surface area (Å²) in [6, 6.07) is 7.25. The topological polar surface area (TPSA) is 67.9 Å². The van der Waals surface area contributed by atoms with E-state index in [0.717, 1.165) is 0 Å². The molecule has 0 aliphatic carbocycles. The molecule has 1 aliphatic heterocycles. The third-order valence-corrected chi connectivity index (χ3v) is 3.58. The van der Waals surface area contributed by atoms with E-state index in [1.54, 1.807) is 24.1 Å². The molecule has 1 N–H and O–H groups in total. The van der Waals surface area contributed by atoms with Gasteiger partial charge in [0, 0.05) is 13.1 Å². The highest BCUT2D eigenvalue weighted by molar-refractivity contribution is 5.94. The van der Waals surface area contributed by atoms with Crippen LogP contribution >= 0.6 is 0 Å². The van der Waals surface area contributed by atoms with Crippen molar-refractivity contribution in [3.63, 3.8) is 0 Å². The number of hydrogen-bond acceptors (Lipinski definition) is 4. The van der Waals surface area contributed by atoms with Crippen molar-refractivity contribution in [1.82, 2.24) is 4.90 Å². The van der Waals surface area contributed by atoms with Gasteiger partial charge in [-0.3, -0.25) is 4.79 Å². The fourth-order valence-electron chi connectivity index (χ4n) is 2.45. The number of likely N-dealkylation sites (tertiary alicyclic amines) is 1. The number of rotatable bonds is 3. The van der Waals surface area contributed by atoms with Crippen molar-refractivity contribution < 1.29 is 19.1 Å². The molecule has 1 heterocycles. The molecule has 0 spiro atoms. The molecule has 1 aliphatic rings. The Morgan fingerprint density at radius 2 is 1.96 bits per heavy atom. The van der Waals surface area contributed by atoms with Crippen LogP contribution in [-0.4, -0.2) is 42.7 Å². The Hall–Kier alpha value is -2.24. The Bertz CT molecular complexity index is 580. The number of nitrogens with zero attached hydrogens (tertiary/aromatic N) is 1. The number of hydrogen-bond donors (Lipinski definition) is 1. The van der Waals surface area contributed by atoms with E-state index in [9.17, 15) is 9.59 Å². The number of anilines is 1. The molecule has 0 saturated carbocycles. The number of carbonyl (C=O) groups excluding carboxylic acids is 2. The minimum atomic E-state index is -0.533. The van der Waals surface area contributed by atoms with Crippen LogP contribution < -0.4 is 10.1 Å². The number of amides is 2. The van der Waals surface area contributed by atoms with Crippen molar-refractivity contribution in [1.29, 1.82) is 0 Å². The van der Waals surface area contributed by atoms with Gasteiger partial charge in [0.1, 0.15) is 11.4 Å². The van der Waals surface area contributed by atoms with Gasteiger partial charge in [0.2, 0.25) is 5.91 Å². The number of methoxy groups -OCH3 is 1. The lowest BCUT2D eigenvalue weighted by Crippen LogP contribution is -2.36. The van der Waals surface area contributed by atoms with Crippen LogP contribution in [0.15, 0.2) is 24.3 Å². The number of ether oxygens (including phenoxy) is 2. The first kappa shape index (κ1) is 17.1. The van der Waals surface area contributed by atoms with E-state index < -0.39 is 5.60 Å².